The molecule has 0 bridgehead atoms. The predicted molar refractivity (Wildman–Crippen MR) is 34.8 cm³/mol. The van der Waals surface area contributed by atoms with Crippen LogP contribution in [0.3, 0.4) is 0 Å². The van der Waals surface area contributed by atoms with Crippen LogP contribution in [0.25, 0.3) is 0 Å². The van der Waals surface area contributed by atoms with Gasteiger partial charge in [0.1, 0.15) is 0 Å². The molecule has 2 heteroatoms. The Hall–Kier alpha value is 0.531. The van der Waals surface area contributed by atoms with Gasteiger partial charge < -0.3 is 5.73 Å². The van der Waals surface area contributed by atoms with Gasteiger partial charge in [0.2, 0.25) is 0 Å². The van der Waals surface area contributed by atoms with Crippen molar-refractivity contribution in [3.05, 3.63) is 43.4 Å². The van der Waals surface area contributed by atoms with Crippen LogP contribution in [0.5, 0.6) is 0 Å². The van der Waals surface area contributed by atoms with Crippen LogP contribution in [-0.2, 0) is 0 Å². The Labute approximate surface area is 89.2 Å². The van der Waals surface area contributed by atoms with E-state index in [1.165, 1.54) is 0 Å². The largest absolute Gasteiger partial charge is 0.486 e. The van der Waals surface area contributed by atoms with Crippen molar-refractivity contribution in [3.63, 3.8) is 0 Å². The van der Waals surface area contributed by atoms with Gasteiger partial charge in [0.25, 0.3) is 0 Å². The van der Waals surface area contributed by atoms with Crippen LogP contribution in [0.2, 0.25) is 0 Å². The second kappa shape index (κ2) is 11.3. The van der Waals surface area contributed by atoms with Gasteiger partial charge in [0, 0.05) is 40.8 Å². The number of rotatable bonds is 0. The van der Waals surface area contributed by atoms with E-state index in [1.807, 2.05) is 30.3 Å². The Bertz CT molecular complexity index is 80.8. The third-order valence-corrected chi connectivity index (χ3v) is 0.607. The molecule has 0 aromatic heterocycles. The molecule has 0 amide bonds. The zero-order chi connectivity index (χ0) is 6.24. The van der Waals surface area contributed by atoms with Gasteiger partial charge in [-0.25, -0.2) is 0 Å². The van der Waals surface area contributed by atoms with Crippen LogP contribution in [0, 0.1) is 54.0 Å². The van der Waals surface area contributed by atoms with Crippen LogP contribution in [-0.4, -0.2) is 0 Å². The normalized spacial score (nSPS) is 6.00. The van der Waals surface area contributed by atoms with Gasteiger partial charge in [-0.1, -0.05) is 0 Å². The molecule has 0 unspecified atom stereocenters. The first kappa shape index (κ1) is 12.2. The van der Waals surface area contributed by atoms with Crippen LogP contribution < -0.4 is 5.73 Å². The second-order valence-electron chi connectivity index (χ2n) is 1.08. The fourth-order valence-corrected chi connectivity index (χ4v) is 0.342. The Morgan fingerprint density at radius 2 is 1.44 bits per heavy atom. The second-order valence-corrected chi connectivity index (χ2v) is 1.08. The van der Waals surface area contributed by atoms with E-state index in [4.69, 9.17) is 0 Å². The van der Waals surface area contributed by atoms with Crippen molar-refractivity contribution >= 4 is 0 Å². The summed E-state index contributed by atoms with van der Waals surface area (Å²) in [4.78, 5) is 0. The van der Waals surface area contributed by atoms with E-state index in [9.17, 15) is 0 Å². The molecule has 0 saturated heterocycles. The molecule has 0 aliphatic rings. The minimum absolute atomic E-state index is 0. The number of benzene rings is 1. The first-order chi connectivity index (χ1) is 4.00. The summed E-state index contributed by atoms with van der Waals surface area (Å²) in [6, 6.07) is 12.5. The maximum atomic E-state index is 4.25. The molecule has 0 radical (unpaired) electrons. The Morgan fingerprint density at radius 3 is 1.56 bits per heavy atom. The first-order valence-electron chi connectivity index (χ1n) is 2.32. The summed E-state index contributed by atoms with van der Waals surface area (Å²) >= 11 is 0. The Morgan fingerprint density at radius 1 is 1.00 bits per heavy atom. The molecule has 0 aliphatic carbocycles. The summed E-state index contributed by atoms with van der Waals surface area (Å²) < 4.78 is 0. The average Bonchev–Trinajstić information content (AvgIpc) is 1.96. The molecule has 48 valence electrons. The van der Waals surface area contributed by atoms with Gasteiger partial charge in [-0.15, -0.1) is 0 Å². The molecular formula is C7H9NNd-2. The van der Waals surface area contributed by atoms with Gasteiger partial charge in [-0.3, -0.25) is 7.05 Å². The van der Waals surface area contributed by atoms with Crippen molar-refractivity contribution < 1.29 is 40.8 Å². The van der Waals surface area contributed by atoms with Crippen LogP contribution in [0.15, 0.2) is 30.3 Å². The maximum absolute atomic E-state index is 4.25. The average molecular weight is 251 g/mol. The van der Waals surface area contributed by atoms with Crippen molar-refractivity contribution in [1.82, 2.24) is 0 Å². The smallest absolute Gasteiger partial charge is 0 e. The molecule has 1 nitrogen and oxygen atoms in total. The van der Waals surface area contributed by atoms with Crippen molar-refractivity contribution in [1.29, 1.82) is 0 Å². The quantitative estimate of drug-likeness (QED) is 0.690. The summed E-state index contributed by atoms with van der Waals surface area (Å²) in [6.07, 6.45) is 0. The van der Waals surface area contributed by atoms with E-state index in [-0.39, 0.29) is 40.8 Å². The van der Waals surface area contributed by atoms with E-state index in [0.717, 1.165) is 0 Å². The number of hydrogen-bond acceptors (Lipinski definition) is 1. The van der Waals surface area contributed by atoms with Crippen LogP contribution >= 0.6 is 0 Å². The fourth-order valence-electron chi connectivity index (χ4n) is 0.342. The van der Waals surface area contributed by atoms with E-state index in [0.29, 0.717) is 0 Å². The SMILES string of the molecule is [CH2-]N.[Nd].[c-]1ccccc1. The summed E-state index contributed by atoms with van der Waals surface area (Å²) in [5.74, 6) is 0. The molecule has 0 fully saturated rings. The number of hydrogen-bond donors (Lipinski definition) is 1. The summed E-state index contributed by atoms with van der Waals surface area (Å²) in [6.45, 7) is 0. The molecule has 0 aliphatic heterocycles. The summed E-state index contributed by atoms with van der Waals surface area (Å²) in [7, 11) is 2.75. The zero-order valence-electron chi connectivity index (χ0n) is 5.17. The maximum Gasteiger partial charge on any atom is 0 e. The van der Waals surface area contributed by atoms with Gasteiger partial charge in [-0.2, -0.15) is 36.4 Å². The molecule has 9 heavy (non-hydrogen) atoms. The van der Waals surface area contributed by atoms with Crippen molar-refractivity contribution in [2.24, 2.45) is 5.73 Å². The summed E-state index contributed by atoms with van der Waals surface area (Å²) in [5, 5.41) is 0. The Balaban J connectivity index is 0. The third-order valence-electron chi connectivity index (χ3n) is 0.607. The minimum Gasteiger partial charge on any atom is -0.486 e. The first-order valence-corrected chi connectivity index (χ1v) is 2.32. The predicted octanol–water partition coefficient (Wildman–Crippen LogP) is 1.22. The zero-order valence-corrected chi connectivity index (χ0v) is 8.38. The van der Waals surface area contributed by atoms with Crippen LogP contribution in [0.4, 0.5) is 0 Å². The fraction of sp³-hybridized carbons (Fsp3) is 0. The molecule has 0 atom stereocenters. The number of nitrogens with two attached hydrogens (primary N) is 1. The van der Waals surface area contributed by atoms with Crippen molar-refractivity contribution in [2.75, 3.05) is 0 Å². The standard InChI is InChI=1S/C6H5.CH4N.Nd/c1-2-4-6-5-3-1;1-2;/h1-5H;1-2H2;/q2*-1;. The van der Waals surface area contributed by atoms with E-state index in [1.54, 1.807) is 0 Å². The molecule has 0 heterocycles. The van der Waals surface area contributed by atoms with Gasteiger partial charge in [0.15, 0.2) is 0 Å². The van der Waals surface area contributed by atoms with Gasteiger partial charge in [-0.05, 0) is 0 Å². The minimum atomic E-state index is 0. The third kappa shape index (κ3) is 8.53. The molecule has 0 saturated carbocycles. The van der Waals surface area contributed by atoms with Gasteiger partial charge in [0.05, 0.1) is 0 Å². The van der Waals surface area contributed by atoms with Gasteiger partial charge >= 0.3 is 0 Å². The van der Waals surface area contributed by atoms with Crippen LogP contribution in [0.1, 0.15) is 0 Å². The topological polar surface area (TPSA) is 26.0 Å². The molecular weight excluding hydrogens is 242 g/mol. The molecule has 2 N–H and O–H groups in total. The molecule has 0 spiro atoms. The van der Waals surface area contributed by atoms with E-state index >= 15 is 0 Å². The molecule has 1 aromatic rings. The van der Waals surface area contributed by atoms with E-state index in [2.05, 4.69) is 18.8 Å². The van der Waals surface area contributed by atoms with Crippen molar-refractivity contribution in [3.8, 4) is 0 Å². The van der Waals surface area contributed by atoms with E-state index < -0.39 is 0 Å². The Kier molecular flexibility index (Phi) is 15.4. The molecule has 1 rings (SSSR count). The summed E-state index contributed by atoms with van der Waals surface area (Å²) in [5.41, 5.74) is 4.25. The van der Waals surface area contributed by atoms with Crippen molar-refractivity contribution in [2.45, 2.75) is 0 Å². The molecule has 1 aromatic carbocycles. The monoisotopic (exact) mass is 249 g/mol.